The molecule has 0 amide bonds. The molecular weight excluding hydrogens is 264 g/mol. The summed E-state index contributed by atoms with van der Waals surface area (Å²) in [4.78, 5) is 4.82. The highest BCUT2D eigenvalue weighted by atomic mass is 32.1. The maximum Gasteiger partial charge on any atom is 0.0954 e. The molecule has 1 aliphatic heterocycles. The highest BCUT2D eigenvalue weighted by molar-refractivity contribution is 7.18. The van der Waals surface area contributed by atoms with E-state index in [9.17, 15) is 0 Å². The number of para-hydroxylation sites is 1. The second-order valence-corrected chi connectivity index (χ2v) is 7.45. The molecule has 0 spiro atoms. The standard InChI is InChI=1S/C17H22N2S/c1-2-6-13-12(5-1)9-10-18-15(13)11-17-19-14-7-3-4-8-16(14)20-17/h3-4,7-8,12-13,15,18H,1-2,5-6,9-11H2/t12-,13-,15+/m1/s1. The predicted octanol–water partition coefficient (Wildman–Crippen LogP) is 4.01. The van der Waals surface area contributed by atoms with Crippen LogP contribution in [0.2, 0.25) is 0 Å². The molecule has 2 fully saturated rings. The average molecular weight is 286 g/mol. The van der Waals surface area contributed by atoms with Crippen molar-refractivity contribution in [3.05, 3.63) is 29.3 Å². The van der Waals surface area contributed by atoms with Gasteiger partial charge < -0.3 is 5.32 Å². The summed E-state index contributed by atoms with van der Waals surface area (Å²) in [5.41, 5.74) is 1.17. The Bertz CT molecular complexity index is 556. The molecule has 4 rings (SSSR count). The van der Waals surface area contributed by atoms with Gasteiger partial charge >= 0.3 is 0 Å². The van der Waals surface area contributed by atoms with Crippen molar-refractivity contribution in [3.8, 4) is 0 Å². The Labute approximate surface area is 124 Å². The summed E-state index contributed by atoms with van der Waals surface area (Å²) in [6, 6.07) is 9.18. The van der Waals surface area contributed by atoms with Crippen LogP contribution in [0.1, 0.15) is 37.1 Å². The van der Waals surface area contributed by atoms with Crippen molar-refractivity contribution in [2.75, 3.05) is 6.54 Å². The van der Waals surface area contributed by atoms with Crippen LogP contribution in [-0.4, -0.2) is 17.6 Å². The molecular formula is C17H22N2S. The van der Waals surface area contributed by atoms with Gasteiger partial charge in [0.05, 0.1) is 15.2 Å². The molecule has 2 aliphatic rings. The average Bonchev–Trinajstić information content (AvgIpc) is 2.90. The molecule has 1 N–H and O–H groups in total. The summed E-state index contributed by atoms with van der Waals surface area (Å²) in [6.45, 7) is 1.21. The Hall–Kier alpha value is -0.930. The van der Waals surface area contributed by atoms with Crippen LogP contribution in [0, 0.1) is 11.8 Å². The highest BCUT2D eigenvalue weighted by Gasteiger charge is 2.34. The van der Waals surface area contributed by atoms with Gasteiger partial charge in [-0.2, -0.15) is 0 Å². The molecule has 1 saturated heterocycles. The normalized spacial score (nSPS) is 30.3. The topological polar surface area (TPSA) is 24.9 Å². The van der Waals surface area contributed by atoms with Crippen molar-refractivity contribution in [3.63, 3.8) is 0 Å². The van der Waals surface area contributed by atoms with Crippen LogP contribution in [0.5, 0.6) is 0 Å². The summed E-state index contributed by atoms with van der Waals surface area (Å²) in [5.74, 6) is 1.87. The first-order chi connectivity index (χ1) is 9.90. The predicted molar refractivity (Wildman–Crippen MR) is 85.2 cm³/mol. The summed E-state index contributed by atoms with van der Waals surface area (Å²) in [6.07, 6.45) is 8.28. The van der Waals surface area contributed by atoms with Gasteiger partial charge in [-0.1, -0.05) is 31.4 Å². The minimum atomic E-state index is 0.662. The Morgan fingerprint density at radius 3 is 3.00 bits per heavy atom. The lowest BCUT2D eigenvalue weighted by Crippen LogP contribution is -2.48. The summed E-state index contributed by atoms with van der Waals surface area (Å²) >= 11 is 1.88. The van der Waals surface area contributed by atoms with Crippen molar-refractivity contribution in [1.82, 2.24) is 10.3 Å². The molecule has 0 radical (unpaired) electrons. The molecule has 1 aliphatic carbocycles. The van der Waals surface area contributed by atoms with Crippen molar-refractivity contribution in [2.45, 2.75) is 44.6 Å². The monoisotopic (exact) mass is 286 g/mol. The largest absolute Gasteiger partial charge is 0.313 e. The zero-order chi connectivity index (χ0) is 13.4. The van der Waals surface area contributed by atoms with Gasteiger partial charge in [-0.15, -0.1) is 11.3 Å². The smallest absolute Gasteiger partial charge is 0.0954 e. The van der Waals surface area contributed by atoms with Crippen molar-refractivity contribution < 1.29 is 0 Å². The van der Waals surface area contributed by atoms with Gasteiger partial charge in [-0.25, -0.2) is 4.98 Å². The Balaban J connectivity index is 1.54. The maximum atomic E-state index is 4.82. The van der Waals surface area contributed by atoms with Gasteiger partial charge in [-0.05, 0) is 43.4 Å². The zero-order valence-corrected chi connectivity index (χ0v) is 12.7. The minimum Gasteiger partial charge on any atom is -0.313 e. The van der Waals surface area contributed by atoms with Crippen LogP contribution >= 0.6 is 11.3 Å². The minimum absolute atomic E-state index is 0.662. The SMILES string of the molecule is c1ccc2sc(C[C@@H]3NCC[C@H]4CCCC[C@H]43)nc2c1. The quantitative estimate of drug-likeness (QED) is 0.902. The van der Waals surface area contributed by atoms with Crippen LogP contribution < -0.4 is 5.32 Å². The van der Waals surface area contributed by atoms with E-state index < -0.39 is 0 Å². The van der Waals surface area contributed by atoms with Gasteiger partial charge in [0.1, 0.15) is 0 Å². The van der Waals surface area contributed by atoms with Crippen molar-refractivity contribution in [2.24, 2.45) is 11.8 Å². The number of thiazole rings is 1. The van der Waals surface area contributed by atoms with E-state index in [2.05, 4.69) is 29.6 Å². The molecule has 3 heteroatoms. The molecule has 1 aromatic heterocycles. The first-order valence-corrected chi connectivity index (χ1v) is 8.79. The van der Waals surface area contributed by atoms with Gasteiger partial charge in [0.15, 0.2) is 0 Å². The van der Waals surface area contributed by atoms with Crippen LogP contribution in [-0.2, 0) is 6.42 Å². The third-order valence-electron chi connectivity index (χ3n) is 5.14. The lowest BCUT2D eigenvalue weighted by molar-refractivity contribution is 0.133. The van der Waals surface area contributed by atoms with E-state index in [0.717, 1.165) is 18.3 Å². The third kappa shape index (κ3) is 2.38. The number of nitrogens with one attached hydrogen (secondary N) is 1. The first-order valence-electron chi connectivity index (χ1n) is 7.98. The van der Waals surface area contributed by atoms with Crippen LogP contribution in [0.4, 0.5) is 0 Å². The number of benzene rings is 1. The Kier molecular flexibility index (Phi) is 3.49. The highest BCUT2D eigenvalue weighted by Crippen LogP contribution is 2.38. The van der Waals surface area contributed by atoms with Crippen molar-refractivity contribution >= 4 is 21.6 Å². The van der Waals surface area contributed by atoms with E-state index >= 15 is 0 Å². The molecule has 0 unspecified atom stereocenters. The molecule has 1 saturated carbocycles. The van der Waals surface area contributed by atoms with Gasteiger partial charge in [0.25, 0.3) is 0 Å². The molecule has 20 heavy (non-hydrogen) atoms. The fourth-order valence-electron chi connectivity index (χ4n) is 4.15. The fraction of sp³-hybridized carbons (Fsp3) is 0.588. The van der Waals surface area contributed by atoms with Crippen molar-refractivity contribution in [1.29, 1.82) is 0 Å². The number of hydrogen-bond donors (Lipinski definition) is 1. The van der Waals surface area contributed by atoms with E-state index in [0.29, 0.717) is 6.04 Å². The van der Waals surface area contributed by atoms with E-state index in [1.54, 1.807) is 0 Å². The maximum absolute atomic E-state index is 4.82. The van der Waals surface area contributed by atoms with E-state index in [-0.39, 0.29) is 0 Å². The molecule has 2 aromatic rings. The van der Waals surface area contributed by atoms with Crippen LogP contribution in [0.15, 0.2) is 24.3 Å². The van der Waals surface area contributed by atoms with Gasteiger partial charge in [0.2, 0.25) is 0 Å². The lowest BCUT2D eigenvalue weighted by atomic mass is 9.71. The van der Waals surface area contributed by atoms with Crippen LogP contribution in [0.25, 0.3) is 10.2 Å². The molecule has 0 bridgehead atoms. The number of rotatable bonds is 2. The fourth-order valence-corrected chi connectivity index (χ4v) is 5.17. The molecule has 3 atom stereocenters. The third-order valence-corrected chi connectivity index (χ3v) is 6.20. The van der Waals surface area contributed by atoms with E-state index in [1.807, 2.05) is 11.3 Å². The number of fused-ring (bicyclic) bond motifs is 2. The first kappa shape index (κ1) is 12.8. The number of piperidine rings is 1. The lowest BCUT2D eigenvalue weighted by Gasteiger charge is -2.41. The summed E-state index contributed by atoms with van der Waals surface area (Å²) in [5, 5.41) is 5.09. The van der Waals surface area contributed by atoms with E-state index in [1.165, 1.54) is 53.9 Å². The second-order valence-electron chi connectivity index (χ2n) is 6.34. The molecule has 2 nitrogen and oxygen atoms in total. The second kappa shape index (κ2) is 5.45. The van der Waals surface area contributed by atoms with E-state index in [4.69, 9.17) is 4.98 Å². The van der Waals surface area contributed by atoms with Gasteiger partial charge in [-0.3, -0.25) is 0 Å². The Morgan fingerprint density at radius 1 is 1.15 bits per heavy atom. The van der Waals surface area contributed by atoms with Crippen LogP contribution in [0.3, 0.4) is 0 Å². The number of aromatic nitrogens is 1. The molecule has 2 heterocycles. The zero-order valence-electron chi connectivity index (χ0n) is 11.8. The molecule has 1 aromatic carbocycles. The van der Waals surface area contributed by atoms with Gasteiger partial charge in [0, 0.05) is 12.5 Å². The Morgan fingerprint density at radius 2 is 2.05 bits per heavy atom. The number of nitrogens with zero attached hydrogens (tertiary/aromatic N) is 1. The number of hydrogen-bond acceptors (Lipinski definition) is 3. The molecule has 106 valence electrons. The summed E-state index contributed by atoms with van der Waals surface area (Å²) < 4.78 is 1.33. The summed E-state index contributed by atoms with van der Waals surface area (Å²) in [7, 11) is 0.